The summed E-state index contributed by atoms with van der Waals surface area (Å²) in [6.45, 7) is 2.71. The highest BCUT2D eigenvalue weighted by atomic mass is 15.4. The highest BCUT2D eigenvalue weighted by molar-refractivity contribution is 5.84. The molecule has 0 saturated heterocycles. The van der Waals surface area contributed by atoms with Gasteiger partial charge in [0, 0.05) is 18.0 Å². The van der Waals surface area contributed by atoms with Gasteiger partial charge in [-0.2, -0.15) is 5.10 Å². The normalized spacial score (nSPS) is 19.7. The maximum absolute atomic E-state index is 4.46. The number of hydrogen-bond donors (Lipinski definition) is 3. The molecule has 22 heavy (non-hydrogen) atoms. The molecule has 3 N–H and O–H groups in total. The second kappa shape index (κ2) is 5.12. The maximum Gasteiger partial charge on any atom is 0.232 e. The number of aromatic nitrogens is 3. The van der Waals surface area contributed by atoms with Crippen LogP contribution < -0.4 is 15.1 Å². The first-order valence-corrected chi connectivity index (χ1v) is 7.08. The molecule has 2 aliphatic heterocycles. The number of rotatable bonds is 3. The van der Waals surface area contributed by atoms with Crippen molar-refractivity contribution < 1.29 is 4.90 Å². The smallest absolute Gasteiger partial charge is 0.232 e. The van der Waals surface area contributed by atoms with E-state index in [1.165, 1.54) is 0 Å². The van der Waals surface area contributed by atoms with Gasteiger partial charge in [0.25, 0.3) is 0 Å². The van der Waals surface area contributed by atoms with E-state index in [0.717, 1.165) is 40.3 Å². The quantitative estimate of drug-likeness (QED) is 0.775. The molecule has 7 heteroatoms. The average molecular weight is 294 g/mol. The first-order chi connectivity index (χ1) is 10.8. The lowest BCUT2D eigenvalue weighted by molar-refractivity contribution is -0.698. The molecular formula is C15H16N7+. The van der Waals surface area contributed by atoms with Gasteiger partial charge in [0.15, 0.2) is 5.82 Å². The molecule has 0 amide bonds. The van der Waals surface area contributed by atoms with Crippen LogP contribution in [0.3, 0.4) is 0 Å². The van der Waals surface area contributed by atoms with E-state index in [1.54, 1.807) is 6.20 Å². The molecule has 2 aromatic heterocycles. The number of anilines is 2. The van der Waals surface area contributed by atoms with Crippen LogP contribution in [0.25, 0.3) is 0 Å². The molecular weight excluding hydrogens is 278 g/mol. The zero-order valence-electron chi connectivity index (χ0n) is 12.1. The number of aromatic amines is 1. The highest BCUT2D eigenvalue weighted by Gasteiger charge is 2.31. The zero-order chi connectivity index (χ0) is 14.9. The summed E-state index contributed by atoms with van der Waals surface area (Å²) >= 11 is 0. The van der Waals surface area contributed by atoms with Crippen molar-refractivity contribution >= 4 is 17.3 Å². The molecule has 0 spiro atoms. The second-order valence-electron chi connectivity index (χ2n) is 5.25. The predicted molar refractivity (Wildman–Crippen MR) is 84.2 cm³/mol. The summed E-state index contributed by atoms with van der Waals surface area (Å²) in [6.07, 6.45) is 9.55. The number of nitrogens with one attached hydrogen (secondary N) is 3. The van der Waals surface area contributed by atoms with Crippen LogP contribution in [0, 0.1) is 6.92 Å². The van der Waals surface area contributed by atoms with Crippen LogP contribution in [0.15, 0.2) is 60.0 Å². The van der Waals surface area contributed by atoms with Gasteiger partial charge in [-0.05, 0) is 19.1 Å². The SMILES string of the molecule is Cc1cc(NC2=CN(c3cccnc3)CC3=NC=C[NH+]23)n[nH]1. The minimum Gasteiger partial charge on any atom is -0.328 e. The highest BCUT2D eigenvalue weighted by Crippen LogP contribution is 2.16. The van der Waals surface area contributed by atoms with Gasteiger partial charge in [-0.1, -0.05) is 0 Å². The van der Waals surface area contributed by atoms with E-state index >= 15 is 0 Å². The number of aliphatic imine (C=N–C) groups is 1. The molecule has 110 valence electrons. The van der Waals surface area contributed by atoms with Crippen LogP contribution in [0.1, 0.15) is 5.69 Å². The number of quaternary nitrogens is 1. The summed E-state index contributed by atoms with van der Waals surface area (Å²) < 4.78 is 0. The predicted octanol–water partition coefficient (Wildman–Crippen LogP) is 0.612. The zero-order valence-corrected chi connectivity index (χ0v) is 12.1. The van der Waals surface area contributed by atoms with E-state index < -0.39 is 0 Å². The van der Waals surface area contributed by atoms with Crippen LogP contribution in [-0.2, 0) is 0 Å². The van der Waals surface area contributed by atoms with Gasteiger partial charge < -0.3 is 4.90 Å². The number of hydrogen-bond acceptors (Lipinski definition) is 5. The summed E-state index contributed by atoms with van der Waals surface area (Å²) in [4.78, 5) is 11.9. The van der Waals surface area contributed by atoms with Crippen molar-refractivity contribution in [2.24, 2.45) is 4.99 Å². The topological polar surface area (TPSA) is 73.6 Å². The van der Waals surface area contributed by atoms with Crippen LogP contribution in [0.4, 0.5) is 11.5 Å². The number of fused-ring (bicyclic) bond motifs is 1. The summed E-state index contributed by atoms with van der Waals surface area (Å²) in [5.41, 5.74) is 2.05. The van der Waals surface area contributed by atoms with Gasteiger partial charge in [0.2, 0.25) is 11.7 Å². The van der Waals surface area contributed by atoms with Crippen LogP contribution in [0.5, 0.6) is 0 Å². The van der Waals surface area contributed by atoms with E-state index in [-0.39, 0.29) is 0 Å². The molecule has 0 aromatic carbocycles. The largest absolute Gasteiger partial charge is 0.328 e. The Balaban J connectivity index is 1.68. The molecule has 1 atom stereocenters. The minimum absolute atomic E-state index is 0.735. The second-order valence-corrected chi connectivity index (χ2v) is 5.25. The molecule has 2 aromatic rings. The first-order valence-electron chi connectivity index (χ1n) is 7.08. The Morgan fingerprint density at radius 2 is 2.36 bits per heavy atom. The third kappa shape index (κ3) is 2.27. The van der Waals surface area contributed by atoms with Crippen molar-refractivity contribution in [1.29, 1.82) is 0 Å². The van der Waals surface area contributed by atoms with Gasteiger partial charge in [0.1, 0.15) is 12.7 Å². The van der Waals surface area contributed by atoms with Gasteiger partial charge in [0.05, 0.1) is 24.3 Å². The molecule has 2 aliphatic rings. The average Bonchev–Trinajstić information content (AvgIpc) is 3.17. The van der Waals surface area contributed by atoms with Gasteiger partial charge in [-0.25, -0.2) is 9.89 Å². The lowest BCUT2D eigenvalue weighted by Gasteiger charge is -2.28. The van der Waals surface area contributed by atoms with Crippen LogP contribution in [-0.4, -0.2) is 27.6 Å². The molecule has 1 unspecified atom stereocenters. The maximum atomic E-state index is 4.46. The molecule has 0 bridgehead atoms. The van der Waals surface area contributed by atoms with E-state index in [9.17, 15) is 0 Å². The van der Waals surface area contributed by atoms with Crippen molar-refractivity contribution in [3.63, 3.8) is 0 Å². The Morgan fingerprint density at radius 1 is 1.41 bits per heavy atom. The molecule has 7 nitrogen and oxygen atoms in total. The van der Waals surface area contributed by atoms with E-state index in [2.05, 4.69) is 36.6 Å². The van der Waals surface area contributed by atoms with E-state index in [4.69, 9.17) is 0 Å². The minimum atomic E-state index is 0.735. The van der Waals surface area contributed by atoms with Crippen molar-refractivity contribution in [2.75, 3.05) is 16.8 Å². The number of aryl methyl sites for hydroxylation is 1. The molecule has 0 aliphatic carbocycles. The van der Waals surface area contributed by atoms with Gasteiger partial charge in [-0.15, -0.1) is 0 Å². The van der Waals surface area contributed by atoms with Gasteiger partial charge >= 0.3 is 0 Å². The van der Waals surface area contributed by atoms with Crippen molar-refractivity contribution in [3.05, 3.63) is 60.7 Å². The summed E-state index contributed by atoms with van der Waals surface area (Å²) in [7, 11) is 0. The summed E-state index contributed by atoms with van der Waals surface area (Å²) in [6, 6.07) is 5.94. The standard InChI is InChI=1S/C15H15N7/c1-11-7-13(20-19-11)18-15-10-21(12-3-2-4-16-8-12)9-14-17-5-6-22(14)15/h2-8,10H,9H2,1H3,(H2,18,19,20)/p+1. The first kappa shape index (κ1) is 12.8. The monoisotopic (exact) mass is 294 g/mol. The Bertz CT molecular complexity index is 772. The third-order valence-corrected chi connectivity index (χ3v) is 3.62. The Labute approximate surface area is 127 Å². The molecule has 4 rings (SSSR count). The summed E-state index contributed by atoms with van der Waals surface area (Å²) in [5, 5.41) is 10.5. The van der Waals surface area contributed by atoms with E-state index in [0.29, 0.717) is 0 Å². The van der Waals surface area contributed by atoms with Crippen molar-refractivity contribution in [1.82, 2.24) is 15.2 Å². The molecule has 0 radical (unpaired) electrons. The lowest BCUT2D eigenvalue weighted by atomic mass is 10.3. The van der Waals surface area contributed by atoms with E-state index in [1.807, 2.05) is 43.7 Å². The van der Waals surface area contributed by atoms with Crippen molar-refractivity contribution in [3.8, 4) is 0 Å². The fraction of sp³-hybridized carbons (Fsp3) is 0.133. The Kier molecular flexibility index (Phi) is 2.97. The number of amidine groups is 1. The Morgan fingerprint density at radius 3 is 3.14 bits per heavy atom. The molecule has 0 fully saturated rings. The number of H-pyrrole nitrogens is 1. The third-order valence-electron chi connectivity index (χ3n) is 3.62. The van der Waals surface area contributed by atoms with Gasteiger partial charge in [-0.3, -0.25) is 15.4 Å². The number of nitrogens with zero attached hydrogens (tertiary/aromatic N) is 4. The van der Waals surface area contributed by atoms with Crippen molar-refractivity contribution in [2.45, 2.75) is 6.92 Å². The molecule has 4 heterocycles. The van der Waals surface area contributed by atoms with Crippen LogP contribution in [0.2, 0.25) is 0 Å². The lowest BCUT2D eigenvalue weighted by Crippen LogP contribution is -3.10. The fourth-order valence-electron chi connectivity index (χ4n) is 2.58. The Hall–Kier alpha value is -2.93. The fourth-order valence-corrected chi connectivity index (χ4v) is 2.58. The summed E-state index contributed by atoms with van der Waals surface area (Å²) in [5.74, 6) is 2.82. The molecule has 0 saturated carbocycles. The number of pyridine rings is 1. The van der Waals surface area contributed by atoms with Crippen LogP contribution >= 0.6 is 0 Å².